The molecule has 0 bridgehead atoms. The van der Waals surface area contributed by atoms with Crippen LogP contribution in [0.5, 0.6) is 0 Å². The number of hydrogen-bond acceptors (Lipinski definition) is 7. The molecule has 40 heavy (non-hydrogen) atoms. The normalized spacial score (nSPS) is 23.4. The Kier molecular flexibility index (Phi) is 8.40. The van der Waals surface area contributed by atoms with Crippen LogP contribution in [0, 0.1) is 0 Å². The van der Waals surface area contributed by atoms with Crippen LogP contribution in [0.15, 0.2) is 40.9 Å². The molecule has 1 aromatic heterocycles. The monoisotopic (exact) mass is 578 g/mol. The molecule has 1 aromatic carbocycles. The summed E-state index contributed by atoms with van der Waals surface area (Å²) in [6, 6.07) is 7.63. The Morgan fingerprint density at radius 2 is 1.65 bits per heavy atom. The Labute approximate surface area is 234 Å². The Hall–Kier alpha value is -2.70. The summed E-state index contributed by atoms with van der Waals surface area (Å²) in [5.41, 5.74) is 1.01. The SMILES string of the molecule is C[C@H]1CN(c2ccc(S(=O)(=O)N3CCC(Nc4ncc(C(F)(F)F)c(C=C5CCCC5)n4)CC3)cc2)C[C@H](C)N1. The molecule has 0 amide bonds. The predicted octanol–water partition coefficient (Wildman–Crippen LogP) is 4.90. The van der Waals surface area contributed by atoms with Gasteiger partial charge in [-0.3, -0.25) is 0 Å². The van der Waals surface area contributed by atoms with Crippen molar-refractivity contribution in [2.75, 3.05) is 36.4 Å². The zero-order valence-electron chi connectivity index (χ0n) is 22.9. The van der Waals surface area contributed by atoms with Crippen LogP contribution in [-0.2, 0) is 16.2 Å². The van der Waals surface area contributed by atoms with Gasteiger partial charge < -0.3 is 15.5 Å². The molecule has 218 valence electrons. The molecule has 2 aliphatic heterocycles. The zero-order chi connectivity index (χ0) is 28.5. The molecule has 2 N–H and O–H groups in total. The van der Waals surface area contributed by atoms with E-state index >= 15 is 0 Å². The molecule has 0 radical (unpaired) electrons. The van der Waals surface area contributed by atoms with Gasteiger partial charge in [0, 0.05) is 56.2 Å². The van der Waals surface area contributed by atoms with Crippen LogP contribution in [0.4, 0.5) is 24.8 Å². The van der Waals surface area contributed by atoms with Gasteiger partial charge in [0.15, 0.2) is 0 Å². The maximum Gasteiger partial charge on any atom is 0.419 e. The van der Waals surface area contributed by atoms with Gasteiger partial charge in [0.2, 0.25) is 16.0 Å². The molecule has 2 aromatic rings. The molecule has 0 unspecified atom stereocenters. The third-order valence-electron chi connectivity index (χ3n) is 7.89. The van der Waals surface area contributed by atoms with Gasteiger partial charge in [0.25, 0.3) is 0 Å². The Balaban J connectivity index is 1.22. The predicted molar refractivity (Wildman–Crippen MR) is 150 cm³/mol. The summed E-state index contributed by atoms with van der Waals surface area (Å²) in [7, 11) is -3.66. The smallest absolute Gasteiger partial charge is 0.368 e. The van der Waals surface area contributed by atoms with Gasteiger partial charge in [-0.25, -0.2) is 18.4 Å². The van der Waals surface area contributed by atoms with Crippen LogP contribution in [0.3, 0.4) is 0 Å². The van der Waals surface area contributed by atoms with Gasteiger partial charge >= 0.3 is 6.18 Å². The van der Waals surface area contributed by atoms with Gasteiger partial charge in [-0.05, 0) is 82.7 Å². The first-order valence-corrected chi connectivity index (χ1v) is 15.4. The lowest BCUT2D eigenvalue weighted by Crippen LogP contribution is -2.54. The van der Waals surface area contributed by atoms with Crippen molar-refractivity contribution in [2.24, 2.45) is 0 Å². The van der Waals surface area contributed by atoms with E-state index in [4.69, 9.17) is 0 Å². The summed E-state index contributed by atoms with van der Waals surface area (Å²) < 4.78 is 68.8. The minimum absolute atomic E-state index is 0.116. The largest absolute Gasteiger partial charge is 0.419 e. The summed E-state index contributed by atoms with van der Waals surface area (Å²) in [5.74, 6) is 0.131. The topological polar surface area (TPSA) is 90.5 Å². The number of sulfonamides is 1. The number of rotatable bonds is 6. The second kappa shape index (κ2) is 11.7. The van der Waals surface area contributed by atoms with Crippen molar-refractivity contribution in [3.8, 4) is 0 Å². The molecular weight excluding hydrogens is 541 g/mol. The number of nitrogens with one attached hydrogen (secondary N) is 2. The van der Waals surface area contributed by atoms with Crippen LogP contribution in [0.2, 0.25) is 0 Å². The molecule has 1 saturated carbocycles. The lowest BCUT2D eigenvalue weighted by atomic mass is 10.1. The standard InChI is InChI=1S/C28H37F3N6O2S/c1-19-17-36(18-20(2)33-19)23-7-9-24(10-8-23)40(38,39)37-13-11-22(12-14-37)34-27-32-16-25(28(29,30)31)26(35-27)15-21-5-3-4-6-21/h7-10,15-16,19-20,22,33H,3-6,11-14,17-18H2,1-2H3,(H,32,34,35)/t19-,20-/m0/s1. The third-order valence-corrected chi connectivity index (χ3v) is 9.81. The number of aromatic nitrogens is 2. The third kappa shape index (κ3) is 6.60. The summed E-state index contributed by atoms with van der Waals surface area (Å²) in [6.45, 7) is 6.59. The number of benzene rings is 1. The second-order valence-electron chi connectivity index (χ2n) is 11.2. The minimum Gasteiger partial charge on any atom is -0.368 e. The fourth-order valence-corrected chi connectivity index (χ4v) is 7.37. The van der Waals surface area contributed by atoms with Crippen molar-refractivity contribution < 1.29 is 21.6 Å². The average molecular weight is 579 g/mol. The molecule has 2 saturated heterocycles. The maximum absolute atomic E-state index is 13.6. The highest BCUT2D eigenvalue weighted by Gasteiger charge is 2.35. The van der Waals surface area contributed by atoms with Gasteiger partial charge in [-0.1, -0.05) is 5.57 Å². The highest BCUT2D eigenvalue weighted by Crippen LogP contribution is 2.34. The molecular formula is C28H37F3N6O2S. The summed E-state index contributed by atoms with van der Waals surface area (Å²) in [4.78, 5) is 10.7. The Bertz CT molecular complexity index is 1310. The van der Waals surface area contributed by atoms with E-state index in [1.807, 2.05) is 12.1 Å². The first-order valence-electron chi connectivity index (χ1n) is 14.0. The number of allylic oxidation sites excluding steroid dienone is 1. The number of alkyl halides is 3. The van der Waals surface area contributed by atoms with Crippen molar-refractivity contribution in [3.63, 3.8) is 0 Å². The molecule has 3 heterocycles. The fraction of sp³-hybridized carbons (Fsp3) is 0.571. The van der Waals surface area contributed by atoms with Gasteiger partial charge in [0.1, 0.15) is 0 Å². The van der Waals surface area contributed by atoms with Crippen molar-refractivity contribution in [1.29, 1.82) is 0 Å². The van der Waals surface area contributed by atoms with E-state index in [1.54, 1.807) is 18.2 Å². The number of piperazine rings is 1. The van der Waals surface area contributed by atoms with E-state index in [0.717, 1.165) is 56.2 Å². The van der Waals surface area contributed by atoms with Crippen molar-refractivity contribution in [1.82, 2.24) is 19.6 Å². The van der Waals surface area contributed by atoms with Crippen LogP contribution in [-0.4, -0.2) is 67.0 Å². The molecule has 2 atom stereocenters. The highest BCUT2D eigenvalue weighted by atomic mass is 32.2. The first-order chi connectivity index (χ1) is 19.0. The number of nitrogens with zero attached hydrogens (tertiary/aromatic N) is 4. The van der Waals surface area contributed by atoms with Crippen molar-refractivity contribution >= 4 is 27.7 Å². The molecule has 5 rings (SSSR count). The quantitative estimate of drug-likeness (QED) is 0.504. The van der Waals surface area contributed by atoms with E-state index < -0.39 is 21.8 Å². The van der Waals surface area contributed by atoms with Crippen LogP contribution >= 0.6 is 0 Å². The number of anilines is 2. The second-order valence-corrected chi connectivity index (χ2v) is 13.1. The Morgan fingerprint density at radius 1 is 1.02 bits per heavy atom. The van der Waals surface area contributed by atoms with Crippen LogP contribution < -0.4 is 15.5 Å². The average Bonchev–Trinajstić information content (AvgIpc) is 3.41. The fourth-order valence-electron chi connectivity index (χ4n) is 5.90. The van der Waals surface area contributed by atoms with Crippen molar-refractivity contribution in [2.45, 2.75) is 81.6 Å². The lowest BCUT2D eigenvalue weighted by Gasteiger charge is -2.37. The van der Waals surface area contributed by atoms with Crippen LogP contribution in [0.1, 0.15) is 63.6 Å². The van der Waals surface area contributed by atoms with Crippen LogP contribution in [0.25, 0.3) is 6.08 Å². The lowest BCUT2D eigenvalue weighted by molar-refractivity contribution is -0.138. The minimum atomic E-state index is -4.54. The van der Waals surface area contributed by atoms with E-state index in [9.17, 15) is 21.6 Å². The van der Waals surface area contributed by atoms with Gasteiger partial charge in [0.05, 0.1) is 16.2 Å². The summed E-state index contributed by atoms with van der Waals surface area (Å²) in [5, 5.41) is 6.63. The maximum atomic E-state index is 13.6. The molecule has 12 heteroatoms. The van der Waals surface area contributed by atoms with E-state index in [-0.39, 0.29) is 22.6 Å². The first kappa shape index (κ1) is 28.8. The Morgan fingerprint density at radius 3 is 2.25 bits per heavy atom. The molecule has 3 aliphatic rings. The van der Waals surface area contributed by atoms with E-state index in [2.05, 4.69) is 39.3 Å². The molecule has 1 aliphatic carbocycles. The number of halogens is 3. The summed E-state index contributed by atoms with van der Waals surface area (Å²) >= 11 is 0. The molecule has 8 nitrogen and oxygen atoms in total. The van der Waals surface area contributed by atoms with Gasteiger partial charge in [-0.15, -0.1) is 0 Å². The zero-order valence-corrected chi connectivity index (χ0v) is 23.7. The highest BCUT2D eigenvalue weighted by molar-refractivity contribution is 7.89. The number of piperidine rings is 1. The number of hydrogen-bond donors (Lipinski definition) is 2. The van der Waals surface area contributed by atoms with E-state index in [0.29, 0.717) is 38.0 Å². The van der Waals surface area contributed by atoms with Crippen molar-refractivity contribution in [3.05, 3.63) is 47.3 Å². The molecule has 3 fully saturated rings. The summed E-state index contributed by atoms with van der Waals surface area (Å²) in [6.07, 6.45) is 2.36. The van der Waals surface area contributed by atoms with Gasteiger partial charge in [-0.2, -0.15) is 17.5 Å². The molecule has 0 spiro atoms. The van der Waals surface area contributed by atoms with E-state index in [1.165, 1.54) is 4.31 Å².